The first-order valence-electron chi connectivity index (χ1n) is 9.93. The third-order valence-electron chi connectivity index (χ3n) is 6.10. The Balaban J connectivity index is 1.57. The number of hydrogen-bond donors (Lipinski definition) is 1. The molecule has 0 bridgehead atoms. The molecule has 1 aliphatic heterocycles. The van der Waals surface area contributed by atoms with Crippen molar-refractivity contribution in [1.82, 2.24) is 15.3 Å². The third-order valence-corrected chi connectivity index (χ3v) is 6.10. The molecule has 1 aromatic heterocycles. The highest BCUT2D eigenvalue weighted by Crippen LogP contribution is 2.40. The summed E-state index contributed by atoms with van der Waals surface area (Å²) in [5.41, 5.74) is 2.41. The van der Waals surface area contributed by atoms with E-state index in [1.54, 1.807) is 0 Å². The number of nitrogens with one attached hydrogen (secondary N) is 1. The lowest BCUT2D eigenvalue weighted by Crippen LogP contribution is -2.39. The SMILES string of the molecule is CC1(C)Cc2nc(N3CCCC3)ncc2[C@@H](NC(=O)C2CCCC2)C1. The number of carbonyl (C=O) groups is 1. The molecule has 1 N–H and O–H groups in total. The fourth-order valence-electron chi connectivity index (χ4n) is 4.71. The van der Waals surface area contributed by atoms with E-state index < -0.39 is 0 Å². The minimum atomic E-state index is 0.0551. The number of fused-ring (bicyclic) bond motifs is 1. The third kappa shape index (κ3) is 3.51. The normalized spacial score (nSPS) is 25.8. The molecule has 2 heterocycles. The molecule has 136 valence electrons. The second-order valence-corrected chi connectivity index (χ2v) is 8.85. The van der Waals surface area contributed by atoms with Crippen LogP contribution in [0.1, 0.15) is 76.1 Å². The van der Waals surface area contributed by atoms with Crippen molar-refractivity contribution in [2.24, 2.45) is 11.3 Å². The van der Waals surface area contributed by atoms with Crippen molar-refractivity contribution < 1.29 is 4.79 Å². The maximum Gasteiger partial charge on any atom is 0.225 e. The lowest BCUT2D eigenvalue weighted by Gasteiger charge is -2.37. The van der Waals surface area contributed by atoms with E-state index in [1.165, 1.54) is 25.7 Å². The summed E-state index contributed by atoms with van der Waals surface area (Å²) in [6.07, 6.45) is 10.8. The molecule has 4 rings (SSSR count). The topological polar surface area (TPSA) is 58.1 Å². The monoisotopic (exact) mass is 342 g/mol. The van der Waals surface area contributed by atoms with E-state index in [9.17, 15) is 4.79 Å². The van der Waals surface area contributed by atoms with Crippen molar-refractivity contribution in [3.05, 3.63) is 17.5 Å². The standard InChI is InChI=1S/C20H30N4O/c1-20(2)11-16(22-18(25)14-7-3-4-8-14)15-13-21-19(23-17(15)12-20)24-9-5-6-10-24/h13-14,16H,3-12H2,1-2H3,(H,22,25)/t16-/m0/s1. The van der Waals surface area contributed by atoms with Crippen LogP contribution in [0.4, 0.5) is 5.95 Å². The van der Waals surface area contributed by atoms with Gasteiger partial charge in [-0.15, -0.1) is 0 Å². The summed E-state index contributed by atoms with van der Waals surface area (Å²) in [5.74, 6) is 1.31. The second-order valence-electron chi connectivity index (χ2n) is 8.85. The first-order chi connectivity index (χ1) is 12.0. The molecule has 0 spiro atoms. The van der Waals surface area contributed by atoms with Gasteiger partial charge in [0, 0.05) is 30.8 Å². The van der Waals surface area contributed by atoms with Gasteiger partial charge in [0.2, 0.25) is 11.9 Å². The fourth-order valence-corrected chi connectivity index (χ4v) is 4.71. The molecule has 3 aliphatic rings. The molecule has 5 nitrogen and oxygen atoms in total. The summed E-state index contributed by atoms with van der Waals surface area (Å²) >= 11 is 0. The van der Waals surface area contributed by atoms with Gasteiger partial charge in [-0.1, -0.05) is 26.7 Å². The average Bonchev–Trinajstić information content (AvgIpc) is 3.27. The molecule has 2 fully saturated rings. The van der Waals surface area contributed by atoms with E-state index in [1.807, 2.05) is 6.20 Å². The number of amides is 1. The molecule has 25 heavy (non-hydrogen) atoms. The highest BCUT2D eigenvalue weighted by atomic mass is 16.1. The lowest BCUT2D eigenvalue weighted by molar-refractivity contribution is -0.125. The maximum atomic E-state index is 12.7. The number of nitrogens with zero attached hydrogens (tertiary/aromatic N) is 3. The zero-order chi connectivity index (χ0) is 17.4. The van der Waals surface area contributed by atoms with Crippen molar-refractivity contribution >= 4 is 11.9 Å². The molecule has 5 heteroatoms. The van der Waals surface area contributed by atoms with Crippen molar-refractivity contribution in [3.8, 4) is 0 Å². The average molecular weight is 342 g/mol. The molecule has 1 saturated carbocycles. The first kappa shape index (κ1) is 16.8. The second kappa shape index (κ2) is 6.58. The highest BCUT2D eigenvalue weighted by Gasteiger charge is 2.36. The molecule has 0 aromatic carbocycles. The number of rotatable bonds is 3. The highest BCUT2D eigenvalue weighted by molar-refractivity contribution is 5.79. The molecular formula is C20H30N4O. The van der Waals surface area contributed by atoms with E-state index in [0.717, 1.165) is 56.0 Å². The Hall–Kier alpha value is -1.65. The van der Waals surface area contributed by atoms with Crippen LogP contribution in [-0.4, -0.2) is 29.0 Å². The maximum absolute atomic E-state index is 12.7. The van der Waals surface area contributed by atoms with Gasteiger partial charge in [-0.05, 0) is 43.9 Å². The summed E-state index contributed by atoms with van der Waals surface area (Å²) in [6.45, 7) is 6.68. The number of anilines is 1. The smallest absolute Gasteiger partial charge is 0.225 e. The Labute approximate surface area is 150 Å². The van der Waals surface area contributed by atoms with Crippen LogP contribution in [0.15, 0.2) is 6.20 Å². The minimum Gasteiger partial charge on any atom is -0.349 e. The Bertz CT molecular complexity index is 645. The van der Waals surface area contributed by atoms with E-state index in [0.29, 0.717) is 0 Å². The Morgan fingerprint density at radius 1 is 1.20 bits per heavy atom. The van der Waals surface area contributed by atoms with E-state index in [2.05, 4.69) is 29.0 Å². The molecule has 0 radical (unpaired) electrons. The van der Waals surface area contributed by atoms with Gasteiger partial charge >= 0.3 is 0 Å². The summed E-state index contributed by atoms with van der Waals surface area (Å²) < 4.78 is 0. The summed E-state index contributed by atoms with van der Waals surface area (Å²) in [5, 5.41) is 3.33. The quantitative estimate of drug-likeness (QED) is 0.915. The Morgan fingerprint density at radius 3 is 2.64 bits per heavy atom. The lowest BCUT2D eigenvalue weighted by atomic mass is 9.74. The zero-order valence-electron chi connectivity index (χ0n) is 15.6. The molecule has 0 unspecified atom stereocenters. The van der Waals surface area contributed by atoms with Crippen molar-refractivity contribution in [2.45, 2.75) is 71.3 Å². The Morgan fingerprint density at radius 2 is 1.92 bits per heavy atom. The summed E-state index contributed by atoms with van der Waals surface area (Å²) in [4.78, 5) is 24.5. The molecule has 1 aromatic rings. The number of carbonyl (C=O) groups excluding carboxylic acids is 1. The van der Waals surface area contributed by atoms with Crippen LogP contribution in [0.2, 0.25) is 0 Å². The molecule has 1 atom stereocenters. The van der Waals surface area contributed by atoms with Crippen LogP contribution in [0.25, 0.3) is 0 Å². The zero-order valence-corrected chi connectivity index (χ0v) is 15.6. The Kier molecular flexibility index (Phi) is 4.42. The van der Waals surface area contributed by atoms with Crippen LogP contribution in [-0.2, 0) is 11.2 Å². The van der Waals surface area contributed by atoms with Gasteiger partial charge in [0.1, 0.15) is 0 Å². The minimum absolute atomic E-state index is 0.0551. The van der Waals surface area contributed by atoms with Gasteiger partial charge in [-0.2, -0.15) is 0 Å². The fraction of sp³-hybridized carbons (Fsp3) is 0.750. The summed E-state index contributed by atoms with van der Waals surface area (Å²) in [7, 11) is 0. The summed E-state index contributed by atoms with van der Waals surface area (Å²) in [6, 6.07) is 0.0551. The van der Waals surface area contributed by atoms with E-state index in [-0.39, 0.29) is 23.3 Å². The van der Waals surface area contributed by atoms with Crippen LogP contribution in [0.5, 0.6) is 0 Å². The van der Waals surface area contributed by atoms with Crippen LogP contribution >= 0.6 is 0 Å². The van der Waals surface area contributed by atoms with Gasteiger partial charge in [0.25, 0.3) is 0 Å². The molecule has 1 amide bonds. The van der Waals surface area contributed by atoms with Gasteiger partial charge < -0.3 is 10.2 Å². The van der Waals surface area contributed by atoms with Crippen LogP contribution in [0, 0.1) is 11.3 Å². The molecule has 1 saturated heterocycles. The van der Waals surface area contributed by atoms with Crippen molar-refractivity contribution in [2.75, 3.05) is 18.0 Å². The molecule has 2 aliphatic carbocycles. The van der Waals surface area contributed by atoms with Gasteiger partial charge in [0.15, 0.2) is 0 Å². The van der Waals surface area contributed by atoms with Crippen molar-refractivity contribution in [3.63, 3.8) is 0 Å². The van der Waals surface area contributed by atoms with Crippen LogP contribution < -0.4 is 10.2 Å². The first-order valence-corrected chi connectivity index (χ1v) is 9.93. The number of hydrogen-bond acceptors (Lipinski definition) is 4. The van der Waals surface area contributed by atoms with E-state index >= 15 is 0 Å². The predicted molar refractivity (Wildman–Crippen MR) is 98.4 cm³/mol. The molecular weight excluding hydrogens is 312 g/mol. The van der Waals surface area contributed by atoms with Gasteiger partial charge in [0.05, 0.1) is 11.7 Å². The van der Waals surface area contributed by atoms with Crippen LogP contribution in [0.3, 0.4) is 0 Å². The predicted octanol–water partition coefficient (Wildman–Crippen LogP) is 3.40. The van der Waals surface area contributed by atoms with Gasteiger partial charge in [-0.25, -0.2) is 9.97 Å². The number of aromatic nitrogens is 2. The van der Waals surface area contributed by atoms with Gasteiger partial charge in [-0.3, -0.25) is 4.79 Å². The largest absolute Gasteiger partial charge is 0.349 e. The van der Waals surface area contributed by atoms with Crippen molar-refractivity contribution in [1.29, 1.82) is 0 Å². The van der Waals surface area contributed by atoms with E-state index in [4.69, 9.17) is 4.98 Å².